The Morgan fingerprint density at radius 3 is 1.41 bits per heavy atom. The van der Waals surface area contributed by atoms with Gasteiger partial charge in [0.2, 0.25) is 0 Å². The molecule has 1 aromatic heterocycles. The molecule has 2 heterocycles. The van der Waals surface area contributed by atoms with Crippen LogP contribution in [0.25, 0.3) is 56.4 Å². The lowest BCUT2D eigenvalue weighted by Crippen LogP contribution is -2.72. The normalized spacial score (nSPS) is 12.7. The lowest BCUT2D eigenvalue weighted by atomic mass is 9.98. The van der Waals surface area contributed by atoms with E-state index in [1.807, 2.05) is 24.3 Å². The van der Waals surface area contributed by atoms with Gasteiger partial charge in [-0.2, -0.15) is 0 Å². The van der Waals surface area contributed by atoms with E-state index in [1.165, 1.54) is 43.0 Å². The molecule has 1 aliphatic rings. The molecule has 0 N–H and O–H groups in total. The van der Waals surface area contributed by atoms with Gasteiger partial charge in [-0.3, -0.25) is 0 Å². The monoisotopic (exact) mass is 669 g/mol. The molecule has 3 nitrogen and oxygen atoms in total. The van der Waals surface area contributed by atoms with Gasteiger partial charge in [-0.1, -0.05) is 187 Å². The maximum absolute atomic E-state index is 5.35. The highest BCUT2D eigenvalue weighted by atomic mass is 28.3. The second kappa shape index (κ2) is 12.6. The van der Waals surface area contributed by atoms with E-state index in [-0.39, 0.29) is 0 Å². The van der Waals surface area contributed by atoms with Gasteiger partial charge in [-0.15, -0.1) is 0 Å². The van der Waals surface area contributed by atoms with Crippen LogP contribution in [-0.4, -0.2) is 23.0 Å². The zero-order valence-corrected chi connectivity index (χ0v) is 29.6. The molecular weight excluding hydrogens is 635 g/mol. The van der Waals surface area contributed by atoms with Crippen LogP contribution in [0.2, 0.25) is 0 Å². The smallest absolute Gasteiger partial charge is 0.180 e. The van der Waals surface area contributed by atoms with Crippen LogP contribution in [-0.2, 0) is 0 Å². The second-order valence-corrected chi connectivity index (χ2v) is 17.1. The molecule has 0 spiro atoms. The molecule has 7 aromatic carbocycles. The van der Waals surface area contributed by atoms with Crippen LogP contribution in [0.3, 0.4) is 0 Å². The molecule has 0 saturated heterocycles. The van der Waals surface area contributed by atoms with Crippen molar-refractivity contribution in [2.45, 2.75) is 13.8 Å². The zero-order chi connectivity index (χ0) is 34.4. The Labute approximate surface area is 300 Å². The molecule has 51 heavy (non-hydrogen) atoms. The van der Waals surface area contributed by atoms with Gasteiger partial charge in [0.15, 0.2) is 25.5 Å². The summed E-state index contributed by atoms with van der Waals surface area (Å²) in [7, 11) is -2.72. The molecule has 242 valence electrons. The van der Waals surface area contributed by atoms with Crippen molar-refractivity contribution >= 4 is 28.8 Å². The molecule has 0 atom stereocenters. The van der Waals surface area contributed by atoms with Crippen molar-refractivity contribution in [3.8, 4) is 56.4 Å². The van der Waals surface area contributed by atoms with Crippen molar-refractivity contribution in [2.24, 2.45) is 0 Å². The first kappa shape index (κ1) is 30.8. The third-order valence-corrected chi connectivity index (χ3v) is 15.1. The molecule has 9 rings (SSSR count). The summed E-state index contributed by atoms with van der Waals surface area (Å²) >= 11 is 0. The van der Waals surface area contributed by atoms with Crippen LogP contribution in [0.5, 0.6) is 0 Å². The summed E-state index contributed by atoms with van der Waals surface area (Å²) in [5.74, 6) is 1.98. The van der Waals surface area contributed by atoms with Gasteiger partial charge in [-0.25, -0.2) is 15.0 Å². The van der Waals surface area contributed by atoms with Gasteiger partial charge < -0.3 is 0 Å². The third-order valence-electron chi connectivity index (χ3n) is 10.2. The Morgan fingerprint density at radius 1 is 0.333 bits per heavy atom. The number of aryl methyl sites for hydroxylation is 2. The van der Waals surface area contributed by atoms with E-state index >= 15 is 0 Å². The molecule has 4 heteroatoms. The van der Waals surface area contributed by atoms with E-state index in [2.05, 4.69) is 166 Å². The molecule has 0 fully saturated rings. The Kier molecular flexibility index (Phi) is 7.60. The summed E-state index contributed by atoms with van der Waals surface area (Å²) in [6.07, 6.45) is 0. The summed E-state index contributed by atoms with van der Waals surface area (Å²) in [4.78, 5) is 15.8. The van der Waals surface area contributed by atoms with Gasteiger partial charge in [0.05, 0.1) is 0 Å². The summed E-state index contributed by atoms with van der Waals surface area (Å²) in [6.45, 7) is 4.33. The number of hydrogen-bond donors (Lipinski definition) is 0. The fraction of sp³-hybridized carbons (Fsp3) is 0.0426. The summed E-state index contributed by atoms with van der Waals surface area (Å²) < 4.78 is 0. The average Bonchev–Trinajstić information content (AvgIpc) is 3.50. The number of hydrogen-bond acceptors (Lipinski definition) is 3. The van der Waals surface area contributed by atoms with E-state index in [1.54, 1.807) is 0 Å². The van der Waals surface area contributed by atoms with E-state index in [4.69, 9.17) is 15.0 Å². The molecule has 0 unspecified atom stereocenters. The number of benzene rings is 7. The van der Waals surface area contributed by atoms with Crippen LogP contribution in [0, 0.1) is 13.8 Å². The standard InChI is InChI=1S/C47H35N3Si/c1-32-24-28-36(29-25-32)51(37-30-26-33(2)27-31-37)42-22-12-11-20-40(42)44-41(21-13-23-43(44)51)47-49-45(35-16-7-4-8-17-35)48-46(50-47)39-19-10-9-18-38(39)34-14-5-3-6-15-34/h3-31H,1-2H3. The predicted molar refractivity (Wildman–Crippen MR) is 214 cm³/mol. The van der Waals surface area contributed by atoms with Crippen molar-refractivity contribution in [1.82, 2.24) is 15.0 Å². The van der Waals surface area contributed by atoms with Gasteiger partial charge in [-0.05, 0) is 56.8 Å². The van der Waals surface area contributed by atoms with Gasteiger partial charge in [0.1, 0.15) is 0 Å². The topological polar surface area (TPSA) is 38.7 Å². The average molecular weight is 670 g/mol. The molecule has 0 saturated carbocycles. The van der Waals surface area contributed by atoms with Gasteiger partial charge >= 0.3 is 0 Å². The number of fused-ring (bicyclic) bond motifs is 3. The molecule has 1 aliphatic heterocycles. The largest absolute Gasteiger partial charge is 0.208 e. The predicted octanol–water partition coefficient (Wildman–Crippen LogP) is 8.51. The summed E-state index contributed by atoms with van der Waals surface area (Å²) in [5.41, 5.74) is 10.1. The van der Waals surface area contributed by atoms with E-state index in [0.717, 1.165) is 27.8 Å². The highest BCUT2D eigenvalue weighted by Crippen LogP contribution is 2.38. The number of nitrogens with zero attached hydrogens (tertiary/aromatic N) is 3. The number of aromatic nitrogens is 3. The fourth-order valence-corrected chi connectivity index (χ4v) is 12.9. The second-order valence-electron chi connectivity index (χ2n) is 13.3. The van der Waals surface area contributed by atoms with E-state index in [9.17, 15) is 0 Å². The maximum atomic E-state index is 5.35. The Hall–Kier alpha value is -6.23. The third kappa shape index (κ3) is 5.15. The molecule has 0 radical (unpaired) electrons. The van der Waals surface area contributed by atoms with Crippen molar-refractivity contribution in [3.05, 3.63) is 187 Å². The first-order chi connectivity index (χ1) is 25.1. The first-order valence-electron chi connectivity index (χ1n) is 17.5. The maximum Gasteiger partial charge on any atom is 0.180 e. The molecular formula is C47H35N3Si. The lowest BCUT2D eigenvalue weighted by molar-refractivity contribution is 1.07. The van der Waals surface area contributed by atoms with E-state index in [0.29, 0.717) is 17.5 Å². The van der Waals surface area contributed by atoms with Crippen LogP contribution in [0.1, 0.15) is 11.1 Å². The zero-order valence-electron chi connectivity index (χ0n) is 28.6. The molecule has 8 aromatic rings. The van der Waals surface area contributed by atoms with Crippen LogP contribution >= 0.6 is 0 Å². The molecule has 0 amide bonds. The van der Waals surface area contributed by atoms with Gasteiger partial charge in [0.25, 0.3) is 0 Å². The highest BCUT2D eigenvalue weighted by molar-refractivity contribution is 7.22. The Bertz CT molecular complexity index is 2480. The van der Waals surface area contributed by atoms with Crippen molar-refractivity contribution in [1.29, 1.82) is 0 Å². The molecule has 0 aliphatic carbocycles. The van der Waals surface area contributed by atoms with Crippen molar-refractivity contribution in [3.63, 3.8) is 0 Å². The fourth-order valence-electron chi connectivity index (χ4n) is 7.79. The van der Waals surface area contributed by atoms with Crippen LogP contribution in [0.4, 0.5) is 0 Å². The first-order valence-corrected chi connectivity index (χ1v) is 19.5. The lowest BCUT2D eigenvalue weighted by Gasteiger charge is -2.31. The van der Waals surface area contributed by atoms with Crippen LogP contribution < -0.4 is 20.7 Å². The highest BCUT2D eigenvalue weighted by Gasteiger charge is 2.49. The Balaban J connectivity index is 1.34. The summed E-state index contributed by atoms with van der Waals surface area (Å²) in [6, 6.07) is 63.4. The minimum atomic E-state index is -2.72. The summed E-state index contributed by atoms with van der Waals surface area (Å²) in [5, 5.41) is 5.51. The van der Waals surface area contributed by atoms with Crippen molar-refractivity contribution < 1.29 is 0 Å². The quantitative estimate of drug-likeness (QED) is 0.167. The van der Waals surface area contributed by atoms with Gasteiger partial charge in [0, 0.05) is 16.7 Å². The molecule has 0 bridgehead atoms. The van der Waals surface area contributed by atoms with Crippen LogP contribution in [0.15, 0.2) is 176 Å². The van der Waals surface area contributed by atoms with Crippen molar-refractivity contribution in [2.75, 3.05) is 0 Å². The van der Waals surface area contributed by atoms with E-state index < -0.39 is 8.07 Å². The SMILES string of the molecule is Cc1ccc([Si]2(c3ccc(C)cc3)c3ccccc3-c3c(-c4nc(-c5ccccc5)nc(-c5ccccc5-c5ccccc5)n4)cccc32)cc1. The minimum absolute atomic E-state index is 0.655. The Morgan fingerprint density at radius 2 is 0.784 bits per heavy atom. The number of rotatable bonds is 6. The minimum Gasteiger partial charge on any atom is -0.208 e.